The number of methoxy groups -OCH3 is 2. The second kappa shape index (κ2) is 13.8. The lowest BCUT2D eigenvalue weighted by molar-refractivity contribution is -0.385. The highest BCUT2D eigenvalue weighted by molar-refractivity contribution is 7.90. The minimum atomic E-state index is -4.29. The number of fused-ring (bicyclic) bond motifs is 2. The molecule has 1 aliphatic rings. The van der Waals surface area contributed by atoms with Crippen LogP contribution in [0.15, 0.2) is 98.9 Å². The first-order valence-corrected chi connectivity index (χ1v) is 17.8. The fourth-order valence-corrected chi connectivity index (χ4v) is 8.40. The monoisotopic (exact) mass is 716 g/mol. The third-order valence-electron chi connectivity index (χ3n) is 8.20. The lowest BCUT2D eigenvalue weighted by Gasteiger charge is -2.27. The van der Waals surface area contributed by atoms with Crippen molar-refractivity contribution in [1.29, 1.82) is 0 Å². The number of non-ortho nitro benzene ring substituents is 1. The van der Waals surface area contributed by atoms with Crippen LogP contribution in [0.25, 0.3) is 17.0 Å². The lowest BCUT2D eigenvalue weighted by atomic mass is 9.93. The van der Waals surface area contributed by atoms with Crippen LogP contribution >= 0.6 is 11.3 Å². The van der Waals surface area contributed by atoms with Gasteiger partial charge < -0.3 is 14.2 Å². The minimum absolute atomic E-state index is 0.109. The van der Waals surface area contributed by atoms with Crippen molar-refractivity contribution in [2.45, 2.75) is 37.6 Å². The first-order valence-electron chi connectivity index (χ1n) is 15.6. The summed E-state index contributed by atoms with van der Waals surface area (Å²) in [5, 5.41) is 11.9. The molecule has 6 rings (SSSR count). The van der Waals surface area contributed by atoms with Gasteiger partial charge >= 0.3 is 5.97 Å². The molecule has 3 aromatic carbocycles. The molecule has 2 aromatic heterocycles. The molecule has 258 valence electrons. The van der Waals surface area contributed by atoms with Gasteiger partial charge in [-0.05, 0) is 49.8 Å². The van der Waals surface area contributed by atoms with E-state index in [2.05, 4.69) is 0 Å². The molecule has 50 heavy (non-hydrogen) atoms. The first-order chi connectivity index (χ1) is 24.0. The molecule has 0 N–H and O–H groups in total. The van der Waals surface area contributed by atoms with E-state index in [1.165, 1.54) is 43.2 Å². The highest BCUT2D eigenvalue weighted by atomic mass is 32.2. The Balaban J connectivity index is 1.60. The van der Waals surface area contributed by atoms with Gasteiger partial charge in [0.15, 0.2) is 4.80 Å². The lowest BCUT2D eigenvalue weighted by Crippen LogP contribution is -2.40. The van der Waals surface area contributed by atoms with E-state index in [9.17, 15) is 28.1 Å². The van der Waals surface area contributed by atoms with Gasteiger partial charge in [-0.25, -0.2) is 22.2 Å². The van der Waals surface area contributed by atoms with Crippen molar-refractivity contribution in [3.05, 3.63) is 125 Å². The average Bonchev–Trinajstić information content (AvgIpc) is 3.64. The Morgan fingerprint density at radius 1 is 1.06 bits per heavy atom. The number of ether oxygens (including phenoxy) is 3. The van der Waals surface area contributed by atoms with Crippen molar-refractivity contribution in [2.24, 2.45) is 4.99 Å². The van der Waals surface area contributed by atoms with E-state index in [4.69, 9.17) is 19.2 Å². The van der Waals surface area contributed by atoms with Crippen molar-refractivity contribution >= 4 is 50.0 Å². The molecule has 15 heteroatoms. The summed E-state index contributed by atoms with van der Waals surface area (Å²) in [7, 11) is -1.29. The van der Waals surface area contributed by atoms with Crippen LogP contribution in [0.5, 0.6) is 11.5 Å². The summed E-state index contributed by atoms with van der Waals surface area (Å²) in [6.07, 6.45) is 4.06. The largest absolute Gasteiger partial charge is 0.497 e. The number of esters is 1. The standard InChI is InChI=1S/C35H32N4O9S2/c1-5-10-27-31(34(41)48-6-2)32(26-19-23(46-3)15-16-29(26)47-4)38-33(40)30(49-35(38)36-27)17-21-20-37(28-14-8-7-13-25(21)28)50(44,45)24-12-9-11-22(18-24)39(42)43/h7-9,11-20,32H,5-6,10H2,1-4H3/b30-17-/t32-/m0/s1. The molecule has 3 heterocycles. The molecule has 0 bridgehead atoms. The maximum Gasteiger partial charge on any atom is 0.338 e. The number of rotatable bonds is 11. The summed E-state index contributed by atoms with van der Waals surface area (Å²) in [5.74, 6) is 0.288. The number of allylic oxidation sites excluding steroid dienone is 1. The van der Waals surface area contributed by atoms with E-state index in [-0.39, 0.29) is 27.3 Å². The number of nitro benzene ring substituents is 1. The van der Waals surface area contributed by atoms with Crippen LogP contribution in [-0.4, -0.2) is 48.7 Å². The van der Waals surface area contributed by atoms with Crippen molar-refractivity contribution < 1.29 is 32.3 Å². The zero-order valence-electron chi connectivity index (χ0n) is 27.5. The number of hydrogen-bond donors (Lipinski definition) is 0. The highest BCUT2D eigenvalue weighted by Crippen LogP contribution is 2.39. The molecule has 0 unspecified atom stereocenters. The molecule has 0 spiro atoms. The third-order valence-corrected chi connectivity index (χ3v) is 10.9. The quantitative estimate of drug-likeness (QED) is 0.107. The Kier molecular flexibility index (Phi) is 9.45. The van der Waals surface area contributed by atoms with Gasteiger partial charge in [0.05, 0.1) is 52.0 Å². The number of benzene rings is 3. The van der Waals surface area contributed by atoms with Crippen LogP contribution in [-0.2, 0) is 19.6 Å². The topological polar surface area (TPSA) is 161 Å². The van der Waals surface area contributed by atoms with Gasteiger partial charge in [0.2, 0.25) is 0 Å². The van der Waals surface area contributed by atoms with E-state index in [1.54, 1.807) is 55.5 Å². The van der Waals surface area contributed by atoms with Crippen LogP contribution in [0.2, 0.25) is 0 Å². The molecule has 13 nitrogen and oxygen atoms in total. The molecule has 0 saturated heterocycles. The van der Waals surface area contributed by atoms with Gasteiger partial charge in [-0.1, -0.05) is 48.9 Å². The highest BCUT2D eigenvalue weighted by Gasteiger charge is 2.36. The zero-order valence-corrected chi connectivity index (χ0v) is 29.1. The van der Waals surface area contributed by atoms with Gasteiger partial charge in [-0.15, -0.1) is 0 Å². The van der Waals surface area contributed by atoms with Crippen LogP contribution in [0.4, 0.5) is 5.69 Å². The maximum atomic E-state index is 14.5. The van der Waals surface area contributed by atoms with E-state index in [0.29, 0.717) is 56.9 Å². The summed E-state index contributed by atoms with van der Waals surface area (Å²) in [4.78, 5) is 43.7. The van der Waals surface area contributed by atoms with Crippen molar-refractivity contribution in [2.75, 3.05) is 20.8 Å². The number of carbonyl (C=O) groups excluding carboxylic acids is 1. The van der Waals surface area contributed by atoms with Crippen molar-refractivity contribution in [3.8, 4) is 11.5 Å². The molecular weight excluding hydrogens is 685 g/mol. The van der Waals surface area contributed by atoms with Crippen molar-refractivity contribution in [1.82, 2.24) is 8.54 Å². The first kappa shape index (κ1) is 34.3. The van der Waals surface area contributed by atoms with Crippen LogP contribution in [0, 0.1) is 10.1 Å². The molecule has 0 radical (unpaired) electrons. The molecular formula is C35H32N4O9S2. The minimum Gasteiger partial charge on any atom is -0.497 e. The Labute approximate surface area is 290 Å². The van der Waals surface area contributed by atoms with E-state index in [1.807, 2.05) is 6.92 Å². The predicted molar refractivity (Wildman–Crippen MR) is 187 cm³/mol. The third kappa shape index (κ3) is 5.98. The second-order valence-corrected chi connectivity index (χ2v) is 14.0. The number of aromatic nitrogens is 2. The summed E-state index contributed by atoms with van der Waals surface area (Å²) >= 11 is 1.10. The molecule has 1 atom stereocenters. The molecule has 5 aromatic rings. The Hall–Kier alpha value is -5.54. The fourth-order valence-electron chi connectivity index (χ4n) is 5.97. The van der Waals surface area contributed by atoms with Crippen molar-refractivity contribution in [3.63, 3.8) is 0 Å². The molecule has 0 fully saturated rings. The number of thiazole rings is 1. The van der Waals surface area contributed by atoms with E-state index >= 15 is 0 Å². The summed E-state index contributed by atoms with van der Waals surface area (Å²) in [6, 6.07) is 15.7. The SMILES string of the molecule is CCCC1=C(C(=O)OCC)[C@H](c2cc(OC)ccc2OC)n2c(s/c(=C\c3cn(S(=O)(=O)c4cccc([N+](=O)[O-])c4)c4ccccc34)c2=O)=N1. The van der Waals surface area contributed by atoms with Gasteiger partial charge in [-0.3, -0.25) is 19.5 Å². The van der Waals surface area contributed by atoms with Crippen LogP contribution in [0.1, 0.15) is 43.9 Å². The van der Waals surface area contributed by atoms with Crippen LogP contribution in [0.3, 0.4) is 0 Å². The van der Waals surface area contributed by atoms with Gasteiger partial charge in [0.1, 0.15) is 17.5 Å². The number of hydrogen-bond acceptors (Lipinski definition) is 11. The number of carbonyl (C=O) groups is 1. The maximum absolute atomic E-state index is 14.5. The summed E-state index contributed by atoms with van der Waals surface area (Å²) < 4.78 is 47.1. The fraction of sp³-hybridized carbons (Fsp3) is 0.229. The van der Waals surface area contributed by atoms with Gasteiger partial charge in [0, 0.05) is 34.8 Å². The summed E-state index contributed by atoms with van der Waals surface area (Å²) in [6.45, 7) is 3.76. The smallest absolute Gasteiger partial charge is 0.338 e. The molecule has 0 aliphatic carbocycles. The van der Waals surface area contributed by atoms with Gasteiger partial charge in [0.25, 0.3) is 21.3 Å². The van der Waals surface area contributed by atoms with E-state index in [0.717, 1.165) is 21.4 Å². The normalized spacial score (nSPS) is 14.7. The summed E-state index contributed by atoms with van der Waals surface area (Å²) in [5.41, 5.74) is 1.06. The molecule has 0 saturated carbocycles. The number of nitrogens with zero attached hydrogens (tertiary/aromatic N) is 4. The predicted octanol–water partition coefficient (Wildman–Crippen LogP) is 4.70. The zero-order chi connectivity index (χ0) is 35.7. The van der Waals surface area contributed by atoms with Gasteiger partial charge in [-0.2, -0.15) is 0 Å². The number of para-hydroxylation sites is 1. The molecule has 1 aliphatic heterocycles. The Morgan fingerprint density at radius 2 is 1.84 bits per heavy atom. The number of nitro groups is 1. The Bertz CT molecular complexity index is 2490. The van der Waals surface area contributed by atoms with E-state index < -0.39 is 32.5 Å². The second-order valence-electron chi connectivity index (χ2n) is 11.2. The van der Waals surface area contributed by atoms with Crippen LogP contribution < -0.4 is 24.4 Å². The molecule has 0 amide bonds. The average molecular weight is 717 g/mol. The Morgan fingerprint density at radius 3 is 2.54 bits per heavy atom.